The zero-order chi connectivity index (χ0) is 18.8. The molecule has 0 radical (unpaired) electrons. The topological polar surface area (TPSA) is 60.0 Å². The van der Waals surface area contributed by atoms with Crippen LogP contribution in [0.1, 0.15) is 24.5 Å². The molecule has 142 valence electrons. The van der Waals surface area contributed by atoms with E-state index in [0.717, 1.165) is 37.4 Å². The minimum absolute atomic E-state index is 0.0224. The first-order chi connectivity index (χ1) is 13.1. The SMILES string of the molecule is COc1ccc2c(c1)CCCN(C(C)C(=O)Nc1ccc3c(c1)OCO3)C2. The first-order valence-electron chi connectivity index (χ1n) is 9.24. The fourth-order valence-corrected chi connectivity index (χ4v) is 3.60. The summed E-state index contributed by atoms with van der Waals surface area (Å²) in [5.41, 5.74) is 3.28. The Morgan fingerprint density at radius 3 is 2.85 bits per heavy atom. The van der Waals surface area contributed by atoms with Crippen LogP contribution in [0.2, 0.25) is 0 Å². The number of nitrogens with one attached hydrogen (secondary N) is 1. The van der Waals surface area contributed by atoms with Gasteiger partial charge in [-0.3, -0.25) is 9.69 Å². The third kappa shape index (κ3) is 3.71. The molecule has 2 heterocycles. The Kier molecular flexibility index (Phi) is 4.90. The molecule has 0 saturated carbocycles. The molecule has 0 saturated heterocycles. The Balaban J connectivity index is 1.45. The molecule has 6 heteroatoms. The van der Waals surface area contributed by atoms with Crippen molar-refractivity contribution >= 4 is 11.6 Å². The largest absolute Gasteiger partial charge is 0.497 e. The summed E-state index contributed by atoms with van der Waals surface area (Å²) in [5, 5.41) is 3.00. The highest BCUT2D eigenvalue weighted by atomic mass is 16.7. The van der Waals surface area contributed by atoms with Crippen molar-refractivity contribution in [3.63, 3.8) is 0 Å². The monoisotopic (exact) mass is 368 g/mol. The van der Waals surface area contributed by atoms with E-state index in [1.165, 1.54) is 11.1 Å². The van der Waals surface area contributed by atoms with Crippen molar-refractivity contribution in [1.82, 2.24) is 4.90 Å². The van der Waals surface area contributed by atoms with Crippen LogP contribution in [0.15, 0.2) is 36.4 Å². The Hall–Kier alpha value is -2.73. The molecule has 2 aromatic carbocycles. The van der Waals surface area contributed by atoms with Gasteiger partial charge in [-0.15, -0.1) is 0 Å². The summed E-state index contributed by atoms with van der Waals surface area (Å²) in [6, 6.07) is 11.4. The van der Waals surface area contributed by atoms with E-state index in [9.17, 15) is 4.79 Å². The van der Waals surface area contributed by atoms with Crippen LogP contribution in [-0.4, -0.2) is 37.3 Å². The summed E-state index contributed by atoms with van der Waals surface area (Å²) in [5.74, 6) is 2.24. The smallest absolute Gasteiger partial charge is 0.241 e. The number of fused-ring (bicyclic) bond motifs is 2. The van der Waals surface area contributed by atoms with Crippen LogP contribution in [-0.2, 0) is 17.8 Å². The molecular weight excluding hydrogens is 344 g/mol. The summed E-state index contributed by atoms with van der Waals surface area (Å²) in [7, 11) is 1.69. The molecule has 0 aliphatic carbocycles. The summed E-state index contributed by atoms with van der Waals surface area (Å²) < 4.78 is 16.0. The molecule has 1 N–H and O–H groups in total. The van der Waals surface area contributed by atoms with Crippen molar-refractivity contribution in [3.8, 4) is 17.2 Å². The predicted molar refractivity (Wildman–Crippen MR) is 102 cm³/mol. The van der Waals surface area contributed by atoms with E-state index in [-0.39, 0.29) is 18.7 Å². The second kappa shape index (κ2) is 7.48. The fraction of sp³-hybridized carbons (Fsp3) is 0.381. The molecule has 27 heavy (non-hydrogen) atoms. The van der Waals surface area contributed by atoms with Crippen LogP contribution in [0.5, 0.6) is 17.2 Å². The molecule has 0 spiro atoms. The third-order valence-corrected chi connectivity index (χ3v) is 5.25. The van der Waals surface area contributed by atoms with Gasteiger partial charge in [-0.1, -0.05) is 6.07 Å². The zero-order valence-electron chi connectivity index (χ0n) is 15.7. The van der Waals surface area contributed by atoms with Crippen molar-refractivity contribution in [2.24, 2.45) is 0 Å². The van der Waals surface area contributed by atoms with Crippen LogP contribution in [0.4, 0.5) is 5.69 Å². The number of hydrogen-bond acceptors (Lipinski definition) is 5. The minimum Gasteiger partial charge on any atom is -0.497 e. The maximum absolute atomic E-state index is 12.8. The van der Waals surface area contributed by atoms with Gasteiger partial charge in [0.2, 0.25) is 12.7 Å². The van der Waals surface area contributed by atoms with E-state index < -0.39 is 0 Å². The number of methoxy groups -OCH3 is 1. The van der Waals surface area contributed by atoms with Gasteiger partial charge in [0, 0.05) is 18.3 Å². The van der Waals surface area contributed by atoms with E-state index in [0.29, 0.717) is 11.5 Å². The molecule has 4 rings (SSSR count). The number of ether oxygens (including phenoxy) is 3. The number of rotatable bonds is 4. The number of hydrogen-bond donors (Lipinski definition) is 1. The number of carbonyl (C=O) groups excluding carboxylic acids is 1. The molecule has 6 nitrogen and oxygen atoms in total. The lowest BCUT2D eigenvalue weighted by Gasteiger charge is -2.27. The second-order valence-electron chi connectivity index (χ2n) is 6.94. The number of anilines is 1. The van der Waals surface area contributed by atoms with Gasteiger partial charge in [-0.25, -0.2) is 0 Å². The number of nitrogens with zero attached hydrogens (tertiary/aromatic N) is 1. The van der Waals surface area contributed by atoms with Gasteiger partial charge >= 0.3 is 0 Å². The van der Waals surface area contributed by atoms with Gasteiger partial charge in [0.05, 0.1) is 13.2 Å². The van der Waals surface area contributed by atoms with E-state index in [2.05, 4.69) is 22.3 Å². The second-order valence-corrected chi connectivity index (χ2v) is 6.94. The molecule has 2 aromatic rings. The molecule has 1 amide bonds. The molecule has 2 aliphatic rings. The summed E-state index contributed by atoms with van der Waals surface area (Å²) in [6.45, 7) is 3.82. The van der Waals surface area contributed by atoms with Gasteiger partial charge in [-0.05, 0) is 61.7 Å². The molecule has 1 atom stereocenters. The molecule has 0 fully saturated rings. The average Bonchev–Trinajstić information content (AvgIpc) is 3.04. The minimum atomic E-state index is -0.233. The Morgan fingerprint density at radius 2 is 2.00 bits per heavy atom. The van der Waals surface area contributed by atoms with E-state index in [1.807, 2.05) is 25.1 Å². The summed E-state index contributed by atoms with van der Waals surface area (Å²) >= 11 is 0. The number of amides is 1. The number of aryl methyl sites for hydroxylation is 1. The van der Waals surface area contributed by atoms with Crippen LogP contribution in [0.3, 0.4) is 0 Å². The van der Waals surface area contributed by atoms with Crippen LogP contribution >= 0.6 is 0 Å². The highest BCUT2D eigenvalue weighted by Gasteiger charge is 2.25. The normalized spacial score (nSPS) is 17.0. The van der Waals surface area contributed by atoms with Gasteiger partial charge < -0.3 is 19.5 Å². The quantitative estimate of drug-likeness (QED) is 0.898. The highest BCUT2D eigenvalue weighted by molar-refractivity contribution is 5.94. The third-order valence-electron chi connectivity index (χ3n) is 5.25. The van der Waals surface area contributed by atoms with E-state index in [4.69, 9.17) is 14.2 Å². The molecule has 0 bridgehead atoms. The molecule has 1 unspecified atom stereocenters. The highest BCUT2D eigenvalue weighted by Crippen LogP contribution is 2.34. The van der Waals surface area contributed by atoms with Gasteiger partial charge in [-0.2, -0.15) is 0 Å². The predicted octanol–water partition coefficient (Wildman–Crippen LogP) is 3.20. The van der Waals surface area contributed by atoms with Crippen molar-refractivity contribution in [1.29, 1.82) is 0 Å². The number of benzene rings is 2. The van der Waals surface area contributed by atoms with E-state index in [1.54, 1.807) is 13.2 Å². The average molecular weight is 368 g/mol. The van der Waals surface area contributed by atoms with Gasteiger partial charge in [0.1, 0.15) is 5.75 Å². The zero-order valence-corrected chi connectivity index (χ0v) is 15.7. The van der Waals surface area contributed by atoms with Crippen LogP contribution in [0, 0.1) is 0 Å². The van der Waals surface area contributed by atoms with Gasteiger partial charge in [0.25, 0.3) is 0 Å². The molecular formula is C21H24N2O4. The van der Waals surface area contributed by atoms with Crippen molar-refractivity contribution in [2.75, 3.05) is 25.8 Å². The number of carbonyl (C=O) groups is 1. The summed E-state index contributed by atoms with van der Waals surface area (Å²) in [6.07, 6.45) is 2.02. The van der Waals surface area contributed by atoms with Crippen molar-refractivity contribution in [3.05, 3.63) is 47.5 Å². The molecule has 0 aromatic heterocycles. The maximum atomic E-state index is 12.8. The van der Waals surface area contributed by atoms with Crippen LogP contribution < -0.4 is 19.5 Å². The first kappa shape index (κ1) is 17.7. The lowest BCUT2D eigenvalue weighted by molar-refractivity contribution is -0.121. The maximum Gasteiger partial charge on any atom is 0.241 e. The summed E-state index contributed by atoms with van der Waals surface area (Å²) in [4.78, 5) is 15.0. The first-order valence-corrected chi connectivity index (χ1v) is 9.24. The lowest BCUT2D eigenvalue weighted by atomic mass is 10.0. The Bertz CT molecular complexity index is 852. The van der Waals surface area contributed by atoms with E-state index >= 15 is 0 Å². The fourth-order valence-electron chi connectivity index (χ4n) is 3.60. The van der Waals surface area contributed by atoms with Crippen molar-refractivity contribution in [2.45, 2.75) is 32.4 Å². The lowest BCUT2D eigenvalue weighted by Crippen LogP contribution is -2.41. The van der Waals surface area contributed by atoms with Crippen LogP contribution in [0.25, 0.3) is 0 Å². The Morgan fingerprint density at radius 1 is 1.15 bits per heavy atom. The standard InChI is InChI=1S/C21H24N2O4/c1-14(21(24)22-17-6-8-19-20(11-17)27-13-26-19)23-9-3-4-15-10-18(25-2)7-5-16(15)12-23/h5-8,10-11,14H,3-4,9,12-13H2,1-2H3,(H,22,24). The Labute approximate surface area is 159 Å². The van der Waals surface area contributed by atoms with Gasteiger partial charge in [0.15, 0.2) is 11.5 Å². The van der Waals surface area contributed by atoms with Crippen molar-refractivity contribution < 1.29 is 19.0 Å². The molecule has 2 aliphatic heterocycles.